The van der Waals surface area contributed by atoms with Crippen LogP contribution in [0.15, 0.2) is 46.9 Å². The minimum atomic E-state index is -1.26. The standard InChI is InChI=1S/C19H9BrClNO4/c20-14-10-3-1-2-4-12(10)22-15(18(14)25)13-16(23)9-6-5-8(19(21)26)7-11(9)17(13)24/h1-7,13,25H. The fourth-order valence-electron chi connectivity index (χ4n) is 3.14. The molecule has 1 heterocycles. The number of carbonyl (C=O) groups is 3. The number of aromatic nitrogens is 1. The van der Waals surface area contributed by atoms with Crippen LogP contribution in [-0.4, -0.2) is 26.9 Å². The summed E-state index contributed by atoms with van der Waals surface area (Å²) in [5.41, 5.74) is 0.953. The Hall–Kier alpha value is -2.57. The van der Waals surface area contributed by atoms with E-state index in [-0.39, 0.29) is 28.1 Å². The molecule has 1 aromatic heterocycles. The molecule has 7 heteroatoms. The highest BCUT2D eigenvalue weighted by molar-refractivity contribution is 9.10. The number of hydrogen-bond acceptors (Lipinski definition) is 5. The SMILES string of the molecule is O=C(Cl)c1ccc2c(c1)C(=O)C(c1nc3ccccc3c(Br)c1O)C2=O. The van der Waals surface area contributed by atoms with Gasteiger partial charge in [-0.25, -0.2) is 4.98 Å². The Morgan fingerprint density at radius 2 is 1.77 bits per heavy atom. The molecule has 1 aliphatic carbocycles. The average molecular weight is 431 g/mol. The normalized spacial score (nSPS) is 16.2. The maximum absolute atomic E-state index is 12.8. The smallest absolute Gasteiger partial charge is 0.252 e. The molecule has 1 unspecified atom stereocenters. The summed E-state index contributed by atoms with van der Waals surface area (Å²) in [4.78, 5) is 41.3. The maximum Gasteiger partial charge on any atom is 0.252 e. The number of carbonyl (C=O) groups excluding carboxylic acids is 3. The Morgan fingerprint density at radius 1 is 1.08 bits per heavy atom. The van der Waals surface area contributed by atoms with Gasteiger partial charge in [-0.15, -0.1) is 0 Å². The van der Waals surface area contributed by atoms with Crippen molar-refractivity contribution in [2.24, 2.45) is 0 Å². The molecule has 2 aromatic carbocycles. The van der Waals surface area contributed by atoms with Crippen LogP contribution >= 0.6 is 27.5 Å². The lowest BCUT2D eigenvalue weighted by atomic mass is 9.97. The van der Waals surface area contributed by atoms with E-state index in [1.54, 1.807) is 24.3 Å². The molecule has 0 aliphatic heterocycles. The number of ketones is 2. The van der Waals surface area contributed by atoms with Gasteiger partial charge in [-0.05, 0) is 51.8 Å². The minimum absolute atomic E-state index is 0.0134. The van der Waals surface area contributed by atoms with Gasteiger partial charge >= 0.3 is 0 Å². The minimum Gasteiger partial charge on any atom is -0.505 e. The topological polar surface area (TPSA) is 84.3 Å². The first kappa shape index (κ1) is 16.9. The zero-order valence-corrected chi connectivity index (χ0v) is 15.3. The van der Waals surface area contributed by atoms with E-state index in [0.717, 1.165) is 0 Å². The van der Waals surface area contributed by atoms with Gasteiger partial charge in [0.2, 0.25) is 0 Å². The molecule has 0 fully saturated rings. The van der Waals surface area contributed by atoms with E-state index in [9.17, 15) is 19.5 Å². The second-order valence-corrected chi connectivity index (χ2v) is 7.01. The molecule has 4 rings (SSSR count). The Kier molecular flexibility index (Phi) is 3.89. The number of pyridine rings is 1. The van der Waals surface area contributed by atoms with E-state index in [4.69, 9.17) is 11.6 Å². The molecule has 0 amide bonds. The summed E-state index contributed by atoms with van der Waals surface area (Å²) < 4.78 is 0.367. The van der Waals surface area contributed by atoms with Crippen molar-refractivity contribution >= 4 is 55.2 Å². The number of rotatable bonds is 2. The summed E-state index contributed by atoms with van der Waals surface area (Å²) in [6.07, 6.45) is 0. The third-order valence-corrected chi connectivity index (χ3v) is 5.43. The van der Waals surface area contributed by atoms with Crippen LogP contribution in [0.25, 0.3) is 10.9 Å². The molecule has 1 aliphatic rings. The van der Waals surface area contributed by atoms with Gasteiger partial charge in [0.15, 0.2) is 17.3 Å². The van der Waals surface area contributed by atoms with E-state index in [1.165, 1.54) is 18.2 Å². The fraction of sp³-hybridized carbons (Fsp3) is 0.0526. The second kappa shape index (κ2) is 6.00. The second-order valence-electron chi connectivity index (χ2n) is 5.87. The highest BCUT2D eigenvalue weighted by Gasteiger charge is 2.42. The summed E-state index contributed by atoms with van der Waals surface area (Å²) in [6, 6.07) is 11.2. The molecule has 26 heavy (non-hydrogen) atoms. The summed E-state index contributed by atoms with van der Waals surface area (Å²) >= 11 is 8.77. The zero-order valence-electron chi connectivity index (χ0n) is 13.0. The molecule has 128 valence electrons. The molecular weight excluding hydrogens is 422 g/mol. The van der Waals surface area contributed by atoms with Crippen molar-refractivity contribution in [2.75, 3.05) is 0 Å². The van der Waals surface area contributed by atoms with Crippen LogP contribution in [0.3, 0.4) is 0 Å². The van der Waals surface area contributed by atoms with Crippen molar-refractivity contribution in [3.05, 3.63) is 69.3 Å². The molecule has 5 nitrogen and oxygen atoms in total. The lowest BCUT2D eigenvalue weighted by Crippen LogP contribution is -2.15. The maximum atomic E-state index is 12.8. The lowest BCUT2D eigenvalue weighted by molar-refractivity contribution is 0.0885. The molecule has 0 bridgehead atoms. The number of halogens is 2. The number of para-hydroxylation sites is 1. The van der Waals surface area contributed by atoms with E-state index in [2.05, 4.69) is 20.9 Å². The van der Waals surface area contributed by atoms with E-state index in [1.807, 2.05) is 0 Å². The molecule has 0 saturated heterocycles. The molecule has 0 saturated carbocycles. The van der Waals surface area contributed by atoms with Crippen LogP contribution in [0, 0.1) is 0 Å². The van der Waals surface area contributed by atoms with Crippen molar-refractivity contribution in [1.82, 2.24) is 4.98 Å². The molecule has 3 aromatic rings. The van der Waals surface area contributed by atoms with Gasteiger partial charge in [0.25, 0.3) is 5.24 Å². The number of nitrogens with zero attached hydrogens (tertiary/aromatic N) is 1. The molecule has 1 N–H and O–H groups in total. The van der Waals surface area contributed by atoms with Gasteiger partial charge in [-0.3, -0.25) is 14.4 Å². The molecule has 0 spiro atoms. The van der Waals surface area contributed by atoms with Crippen LogP contribution < -0.4 is 0 Å². The highest BCUT2D eigenvalue weighted by Crippen LogP contribution is 2.42. The van der Waals surface area contributed by atoms with E-state index in [0.29, 0.717) is 15.4 Å². The van der Waals surface area contributed by atoms with Crippen LogP contribution in [0.2, 0.25) is 0 Å². The van der Waals surface area contributed by atoms with Crippen LogP contribution in [0.5, 0.6) is 5.75 Å². The number of aromatic hydroxyl groups is 1. The Labute approximate surface area is 160 Å². The lowest BCUT2D eigenvalue weighted by Gasteiger charge is -2.12. The van der Waals surface area contributed by atoms with Crippen molar-refractivity contribution in [1.29, 1.82) is 0 Å². The molecular formula is C19H9BrClNO4. The number of benzene rings is 2. The van der Waals surface area contributed by atoms with Crippen molar-refractivity contribution in [3.63, 3.8) is 0 Å². The van der Waals surface area contributed by atoms with Gasteiger partial charge in [-0.1, -0.05) is 18.2 Å². The third kappa shape index (κ3) is 2.37. The van der Waals surface area contributed by atoms with E-state index >= 15 is 0 Å². The van der Waals surface area contributed by atoms with Crippen LogP contribution in [0.4, 0.5) is 0 Å². The largest absolute Gasteiger partial charge is 0.505 e. The third-order valence-electron chi connectivity index (χ3n) is 4.41. The molecule has 1 atom stereocenters. The monoisotopic (exact) mass is 429 g/mol. The van der Waals surface area contributed by atoms with Gasteiger partial charge in [-0.2, -0.15) is 0 Å². The summed E-state index contributed by atoms with van der Waals surface area (Å²) in [5.74, 6) is -2.50. The van der Waals surface area contributed by atoms with Crippen molar-refractivity contribution < 1.29 is 19.5 Å². The summed E-state index contributed by atoms with van der Waals surface area (Å²) in [6.45, 7) is 0. The summed E-state index contributed by atoms with van der Waals surface area (Å²) in [5, 5.41) is 10.5. The van der Waals surface area contributed by atoms with E-state index < -0.39 is 22.7 Å². The van der Waals surface area contributed by atoms with Gasteiger partial charge in [0.1, 0.15) is 11.6 Å². The Balaban J connectivity index is 1.91. The Bertz CT molecular complexity index is 1140. The number of fused-ring (bicyclic) bond motifs is 2. The number of hydrogen-bond donors (Lipinski definition) is 1. The van der Waals surface area contributed by atoms with Crippen molar-refractivity contribution in [3.8, 4) is 5.75 Å². The van der Waals surface area contributed by atoms with Crippen LogP contribution in [-0.2, 0) is 0 Å². The predicted octanol–water partition coefficient (Wildman–Crippen LogP) is 4.24. The van der Waals surface area contributed by atoms with Gasteiger partial charge in [0, 0.05) is 22.1 Å². The first-order chi connectivity index (χ1) is 12.4. The van der Waals surface area contributed by atoms with Gasteiger partial charge in [0.05, 0.1) is 9.99 Å². The predicted molar refractivity (Wildman–Crippen MR) is 99.1 cm³/mol. The number of Topliss-reactive ketones (excluding diaryl/α,β-unsaturated/α-hetero) is 2. The zero-order chi connectivity index (χ0) is 18.6. The highest BCUT2D eigenvalue weighted by atomic mass is 79.9. The van der Waals surface area contributed by atoms with Crippen molar-refractivity contribution in [2.45, 2.75) is 5.92 Å². The first-order valence-electron chi connectivity index (χ1n) is 7.59. The van der Waals surface area contributed by atoms with Gasteiger partial charge < -0.3 is 5.11 Å². The fourth-order valence-corrected chi connectivity index (χ4v) is 3.80. The summed E-state index contributed by atoms with van der Waals surface area (Å²) in [7, 11) is 0. The van der Waals surface area contributed by atoms with Crippen LogP contribution in [0.1, 0.15) is 42.7 Å². The quantitative estimate of drug-likeness (QED) is 0.485. The average Bonchev–Trinajstić information content (AvgIpc) is 2.88. The Morgan fingerprint density at radius 3 is 2.50 bits per heavy atom. The molecule has 0 radical (unpaired) electrons. The first-order valence-corrected chi connectivity index (χ1v) is 8.76.